The monoisotopic (exact) mass is 384 g/mol. The van der Waals surface area contributed by atoms with E-state index in [1.54, 1.807) is 0 Å². The lowest BCUT2D eigenvalue weighted by Crippen LogP contribution is -2.48. The van der Waals surface area contributed by atoms with Gasteiger partial charge in [0.15, 0.2) is 0 Å². The summed E-state index contributed by atoms with van der Waals surface area (Å²) in [5.41, 5.74) is 2.79. The molecule has 0 bridgehead atoms. The van der Waals surface area contributed by atoms with Crippen LogP contribution >= 0.6 is 0 Å². The Morgan fingerprint density at radius 2 is 1.93 bits per heavy atom. The first-order valence-electron chi connectivity index (χ1n) is 11.4. The molecule has 0 aromatic rings. The zero-order valence-corrected chi connectivity index (χ0v) is 18.0. The van der Waals surface area contributed by atoms with Crippen LogP contribution in [0.1, 0.15) is 72.6 Å². The van der Waals surface area contributed by atoms with Gasteiger partial charge in [-0.05, 0) is 85.9 Å². The van der Waals surface area contributed by atoms with Crippen LogP contribution in [0.4, 0.5) is 0 Å². The Balaban J connectivity index is 1.60. The van der Waals surface area contributed by atoms with Crippen LogP contribution in [0.2, 0.25) is 0 Å². The molecule has 1 aliphatic heterocycles. The van der Waals surface area contributed by atoms with E-state index in [9.17, 15) is 9.90 Å². The molecule has 1 saturated heterocycles. The molecule has 4 aliphatic carbocycles. The van der Waals surface area contributed by atoms with Crippen LogP contribution in [0.5, 0.6) is 0 Å². The van der Waals surface area contributed by atoms with Gasteiger partial charge in [-0.1, -0.05) is 39.0 Å². The SMILES string of the molecule is C=C(C)C1CCC2(C)CCC3(C)CC4C(C)CC5(O)OC(=O)C(=CCC3C12)C45. The van der Waals surface area contributed by atoms with Crippen LogP contribution in [0.15, 0.2) is 23.8 Å². The molecule has 1 N–H and O–H groups in total. The summed E-state index contributed by atoms with van der Waals surface area (Å²) in [4.78, 5) is 12.6. The molecule has 1 heterocycles. The highest BCUT2D eigenvalue weighted by molar-refractivity contribution is 5.92. The number of allylic oxidation sites excluding steroid dienone is 2. The van der Waals surface area contributed by atoms with E-state index >= 15 is 0 Å². The second kappa shape index (κ2) is 5.74. The smallest absolute Gasteiger partial charge is 0.336 e. The standard InChI is InChI=1S/C25H36O3/c1-14(2)16-8-9-23(4)10-11-24(5)13-18-15(3)12-25(27)20(18)17(22(26)28-25)6-7-19(24)21(16)23/h6,15-16,18-21,27H,1,7-13H2,2-5H3. The fourth-order valence-electron chi connectivity index (χ4n) is 8.45. The molecule has 9 atom stereocenters. The van der Waals surface area contributed by atoms with E-state index in [1.165, 1.54) is 31.3 Å². The fourth-order valence-corrected chi connectivity index (χ4v) is 8.45. The molecule has 5 aliphatic rings. The van der Waals surface area contributed by atoms with Crippen molar-refractivity contribution in [1.82, 2.24) is 0 Å². The normalized spacial score (nSPS) is 54.8. The Hall–Kier alpha value is -1.09. The molecule has 3 nitrogen and oxygen atoms in total. The van der Waals surface area contributed by atoms with E-state index in [1.807, 2.05) is 0 Å². The summed E-state index contributed by atoms with van der Waals surface area (Å²) in [5, 5.41) is 11.1. The fraction of sp³-hybridized carbons (Fsp3) is 0.800. The molecule has 154 valence electrons. The maximum Gasteiger partial charge on any atom is 0.336 e. The van der Waals surface area contributed by atoms with Crippen molar-refractivity contribution < 1.29 is 14.6 Å². The van der Waals surface area contributed by atoms with Gasteiger partial charge in [0.1, 0.15) is 0 Å². The van der Waals surface area contributed by atoms with Crippen LogP contribution in [-0.2, 0) is 9.53 Å². The van der Waals surface area contributed by atoms with E-state index in [0.29, 0.717) is 41.4 Å². The maximum atomic E-state index is 12.6. The second-order valence-corrected chi connectivity index (χ2v) is 11.6. The van der Waals surface area contributed by atoms with Crippen LogP contribution in [0.25, 0.3) is 0 Å². The van der Waals surface area contributed by atoms with Crippen molar-refractivity contribution in [3.63, 3.8) is 0 Å². The average molecular weight is 385 g/mol. The van der Waals surface area contributed by atoms with Crippen molar-refractivity contribution in [2.75, 3.05) is 0 Å². The van der Waals surface area contributed by atoms with E-state index in [0.717, 1.165) is 18.4 Å². The van der Waals surface area contributed by atoms with Gasteiger partial charge in [-0.15, -0.1) is 0 Å². The van der Waals surface area contributed by atoms with Crippen molar-refractivity contribution in [3.05, 3.63) is 23.8 Å². The molecule has 28 heavy (non-hydrogen) atoms. The Morgan fingerprint density at radius 3 is 2.64 bits per heavy atom. The molecule has 0 amide bonds. The maximum absolute atomic E-state index is 12.6. The third-order valence-electron chi connectivity index (χ3n) is 9.89. The average Bonchev–Trinajstić information content (AvgIpc) is 3.13. The zero-order chi connectivity index (χ0) is 20.1. The first-order chi connectivity index (χ1) is 13.1. The molecular weight excluding hydrogens is 348 g/mol. The number of carbonyl (C=O) groups is 1. The largest absolute Gasteiger partial charge is 0.429 e. The second-order valence-electron chi connectivity index (χ2n) is 11.6. The number of esters is 1. The Morgan fingerprint density at radius 1 is 1.21 bits per heavy atom. The number of aliphatic hydroxyl groups is 1. The Kier molecular flexibility index (Phi) is 3.88. The van der Waals surface area contributed by atoms with Gasteiger partial charge in [0.2, 0.25) is 5.79 Å². The molecule has 5 rings (SSSR count). The number of hydrogen-bond acceptors (Lipinski definition) is 3. The summed E-state index contributed by atoms with van der Waals surface area (Å²) in [6, 6.07) is 0. The molecule has 9 unspecified atom stereocenters. The van der Waals surface area contributed by atoms with Gasteiger partial charge in [-0.2, -0.15) is 0 Å². The molecular formula is C25H36O3. The van der Waals surface area contributed by atoms with Crippen molar-refractivity contribution in [2.45, 2.75) is 78.4 Å². The van der Waals surface area contributed by atoms with Gasteiger partial charge >= 0.3 is 5.97 Å². The number of fused-ring (bicyclic) bond motifs is 3. The van der Waals surface area contributed by atoms with Crippen LogP contribution in [0.3, 0.4) is 0 Å². The zero-order valence-electron chi connectivity index (χ0n) is 18.0. The molecule has 0 spiro atoms. The predicted octanol–water partition coefficient (Wildman–Crippen LogP) is 5.25. The Bertz CT molecular complexity index is 768. The molecule has 0 aromatic carbocycles. The molecule has 0 radical (unpaired) electrons. The van der Waals surface area contributed by atoms with E-state index in [2.05, 4.69) is 40.3 Å². The van der Waals surface area contributed by atoms with Crippen molar-refractivity contribution >= 4 is 5.97 Å². The quantitative estimate of drug-likeness (QED) is 0.496. The minimum atomic E-state index is -1.26. The third kappa shape index (κ3) is 2.35. The number of rotatable bonds is 1. The molecule has 3 saturated carbocycles. The van der Waals surface area contributed by atoms with Crippen molar-refractivity contribution in [1.29, 1.82) is 0 Å². The summed E-state index contributed by atoms with van der Waals surface area (Å²) in [7, 11) is 0. The number of ether oxygens (including phenoxy) is 1. The van der Waals surface area contributed by atoms with Gasteiger partial charge in [0.05, 0.1) is 5.92 Å². The van der Waals surface area contributed by atoms with E-state index < -0.39 is 5.79 Å². The predicted molar refractivity (Wildman–Crippen MR) is 109 cm³/mol. The minimum absolute atomic E-state index is 0.124. The highest BCUT2D eigenvalue weighted by Crippen LogP contribution is 2.67. The first-order valence-corrected chi connectivity index (χ1v) is 11.4. The van der Waals surface area contributed by atoms with E-state index in [4.69, 9.17) is 4.74 Å². The number of hydrogen-bond donors (Lipinski definition) is 1. The van der Waals surface area contributed by atoms with Gasteiger partial charge in [-0.25, -0.2) is 4.79 Å². The van der Waals surface area contributed by atoms with Crippen molar-refractivity contribution in [2.24, 2.45) is 46.3 Å². The molecule has 4 fully saturated rings. The summed E-state index contributed by atoms with van der Waals surface area (Å²) >= 11 is 0. The summed E-state index contributed by atoms with van der Waals surface area (Å²) in [5.74, 6) is 0.920. The van der Waals surface area contributed by atoms with Gasteiger partial charge < -0.3 is 9.84 Å². The lowest BCUT2D eigenvalue weighted by Gasteiger charge is -2.55. The molecule has 3 heteroatoms. The highest BCUT2D eigenvalue weighted by Gasteiger charge is 2.65. The van der Waals surface area contributed by atoms with Crippen molar-refractivity contribution in [3.8, 4) is 0 Å². The van der Waals surface area contributed by atoms with Gasteiger partial charge in [0, 0.05) is 12.0 Å². The molecule has 0 aromatic heterocycles. The van der Waals surface area contributed by atoms with Crippen LogP contribution in [0, 0.1) is 46.3 Å². The minimum Gasteiger partial charge on any atom is -0.429 e. The van der Waals surface area contributed by atoms with Crippen LogP contribution in [-0.4, -0.2) is 16.9 Å². The summed E-state index contributed by atoms with van der Waals surface area (Å²) in [6.07, 6.45) is 9.95. The lowest BCUT2D eigenvalue weighted by atomic mass is 9.49. The van der Waals surface area contributed by atoms with Gasteiger partial charge in [-0.3, -0.25) is 0 Å². The first kappa shape index (κ1) is 18.9. The van der Waals surface area contributed by atoms with Gasteiger partial charge in [0.25, 0.3) is 0 Å². The Labute approximate surface area is 169 Å². The van der Waals surface area contributed by atoms with E-state index in [-0.39, 0.29) is 17.3 Å². The summed E-state index contributed by atoms with van der Waals surface area (Å²) < 4.78 is 5.55. The lowest BCUT2D eigenvalue weighted by molar-refractivity contribution is -0.197. The topological polar surface area (TPSA) is 46.5 Å². The highest BCUT2D eigenvalue weighted by atomic mass is 16.7. The third-order valence-corrected chi connectivity index (χ3v) is 9.89. The number of carbonyl (C=O) groups excluding carboxylic acids is 1. The summed E-state index contributed by atoms with van der Waals surface area (Å²) in [6.45, 7) is 13.8. The van der Waals surface area contributed by atoms with Crippen LogP contribution < -0.4 is 0 Å².